The molecule has 0 radical (unpaired) electrons. The van der Waals surface area contributed by atoms with Crippen LogP contribution in [0.2, 0.25) is 0 Å². The summed E-state index contributed by atoms with van der Waals surface area (Å²) in [6.45, 7) is 2.19. The predicted octanol–water partition coefficient (Wildman–Crippen LogP) is 3.18. The quantitative estimate of drug-likeness (QED) is 0.768. The van der Waals surface area contributed by atoms with Gasteiger partial charge in [-0.1, -0.05) is 18.2 Å². The van der Waals surface area contributed by atoms with Crippen LogP contribution in [0, 0.1) is 0 Å². The smallest absolute Gasteiger partial charge is 0.0346 e. The van der Waals surface area contributed by atoms with Crippen molar-refractivity contribution >= 4 is 21.4 Å². The third-order valence-corrected chi connectivity index (χ3v) is 3.39. The molecule has 13 heavy (non-hydrogen) atoms. The molecule has 1 atom stereocenters. The summed E-state index contributed by atoms with van der Waals surface area (Å²) in [6.07, 6.45) is 0. The summed E-state index contributed by atoms with van der Waals surface area (Å²) < 4.78 is 1.37. The van der Waals surface area contributed by atoms with Gasteiger partial charge in [0.25, 0.3) is 0 Å². The third-order valence-electron chi connectivity index (χ3n) is 2.41. The van der Waals surface area contributed by atoms with Crippen LogP contribution >= 0.6 is 11.3 Å². The molecule has 0 aliphatic carbocycles. The van der Waals surface area contributed by atoms with Crippen LogP contribution < -0.4 is 5.32 Å². The molecule has 1 heterocycles. The zero-order valence-corrected chi connectivity index (χ0v) is 8.69. The van der Waals surface area contributed by atoms with E-state index in [0.717, 1.165) is 0 Å². The molecule has 68 valence electrons. The number of rotatable bonds is 2. The summed E-state index contributed by atoms with van der Waals surface area (Å²) >= 11 is 1.82. The van der Waals surface area contributed by atoms with Gasteiger partial charge in [-0.05, 0) is 36.4 Å². The van der Waals surface area contributed by atoms with Crippen molar-refractivity contribution in [2.24, 2.45) is 0 Å². The Bertz CT molecular complexity index is 405. The molecule has 0 amide bonds. The van der Waals surface area contributed by atoms with Crippen LogP contribution in [-0.4, -0.2) is 7.05 Å². The van der Waals surface area contributed by atoms with Crippen molar-refractivity contribution in [3.05, 3.63) is 35.2 Å². The molecule has 1 aromatic heterocycles. The van der Waals surface area contributed by atoms with E-state index in [1.165, 1.54) is 15.6 Å². The summed E-state index contributed by atoms with van der Waals surface area (Å²) in [6, 6.07) is 8.99. The maximum absolute atomic E-state index is 3.27. The second kappa shape index (κ2) is 3.48. The molecule has 1 nitrogen and oxygen atoms in total. The first-order valence-electron chi connectivity index (χ1n) is 4.46. The summed E-state index contributed by atoms with van der Waals surface area (Å²) in [4.78, 5) is 0. The van der Waals surface area contributed by atoms with Gasteiger partial charge in [0.05, 0.1) is 0 Å². The van der Waals surface area contributed by atoms with Gasteiger partial charge < -0.3 is 5.32 Å². The predicted molar refractivity (Wildman–Crippen MR) is 59.3 cm³/mol. The molecule has 0 aliphatic rings. The average Bonchev–Trinajstić information content (AvgIpc) is 2.60. The normalized spacial score (nSPS) is 13.4. The first-order chi connectivity index (χ1) is 6.33. The van der Waals surface area contributed by atoms with Gasteiger partial charge in [-0.25, -0.2) is 0 Å². The number of benzene rings is 1. The highest BCUT2D eigenvalue weighted by Crippen LogP contribution is 2.29. The lowest BCUT2D eigenvalue weighted by molar-refractivity contribution is 0.659. The van der Waals surface area contributed by atoms with E-state index < -0.39 is 0 Å². The Labute approximate surface area is 82.4 Å². The monoisotopic (exact) mass is 191 g/mol. The molecule has 0 spiro atoms. The van der Waals surface area contributed by atoms with Crippen molar-refractivity contribution in [1.82, 2.24) is 5.32 Å². The van der Waals surface area contributed by atoms with Gasteiger partial charge in [0.1, 0.15) is 0 Å². The molecule has 0 saturated heterocycles. The first kappa shape index (κ1) is 8.73. The topological polar surface area (TPSA) is 12.0 Å². The summed E-state index contributed by atoms with van der Waals surface area (Å²) in [5.74, 6) is 0. The molecule has 1 N–H and O–H groups in total. The van der Waals surface area contributed by atoms with E-state index in [1.54, 1.807) is 0 Å². The van der Waals surface area contributed by atoms with Crippen LogP contribution in [-0.2, 0) is 0 Å². The van der Waals surface area contributed by atoms with Crippen LogP contribution in [0.4, 0.5) is 0 Å². The highest BCUT2D eigenvalue weighted by atomic mass is 32.1. The van der Waals surface area contributed by atoms with Crippen LogP contribution in [0.15, 0.2) is 29.6 Å². The Morgan fingerprint density at radius 3 is 2.85 bits per heavy atom. The Morgan fingerprint density at radius 2 is 2.08 bits per heavy atom. The van der Waals surface area contributed by atoms with Gasteiger partial charge in [-0.3, -0.25) is 0 Å². The average molecular weight is 191 g/mol. The maximum Gasteiger partial charge on any atom is 0.0346 e. The minimum absolute atomic E-state index is 0.441. The lowest BCUT2D eigenvalue weighted by Gasteiger charge is -2.08. The highest BCUT2D eigenvalue weighted by molar-refractivity contribution is 7.17. The Kier molecular flexibility index (Phi) is 2.34. The van der Waals surface area contributed by atoms with Gasteiger partial charge in [0, 0.05) is 10.7 Å². The minimum Gasteiger partial charge on any atom is -0.313 e. The van der Waals surface area contributed by atoms with Crippen molar-refractivity contribution in [2.75, 3.05) is 7.05 Å². The number of fused-ring (bicyclic) bond motifs is 1. The molecule has 0 aliphatic heterocycles. The molecule has 2 rings (SSSR count). The standard InChI is InChI=1S/C11H13NS/c1-8(12-2)10-7-13-11-6-4-3-5-9(10)11/h3-8,12H,1-2H3. The van der Waals surface area contributed by atoms with E-state index in [0.29, 0.717) is 6.04 Å². The summed E-state index contributed by atoms with van der Waals surface area (Å²) in [5.41, 5.74) is 1.41. The van der Waals surface area contributed by atoms with Gasteiger partial charge in [-0.2, -0.15) is 0 Å². The van der Waals surface area contributed by atoms with Crippen molar-refractivity contribution in [3.8, 4) is 0 Å². The molecule has 1 unspecified atom stereocenters. The van der Waals surface area contributed by atoms with Crippen LogP contribution in [0.1, 0.15) is 18.5 Å². The molecular formula is C11H13NS. The molecular weight excluding hydrogens is 178 g/mol. The highest BCUT2D eigenvalue weighted by Gasteiger charge is 2.08. The molecule has 1 aromatic carbocycles. The van der Waals surface area contributed by atoms with E-state index in [9.17, 15) is 0 Å². The van der Waals surface area contributed by atoms with Crippen LogP contribution in [0.25, 0.3) is 10.1 Å². The van der Waals surface area contributed by atoms with Crippen LogP contribution in [0.3, 0.4) is 0 Å². The first-order valence-corrected chi connectivity index (χ1v) is 5.34. The maximum atomic E-state index is 3.27. The van der Waals surface area contributed by atoms with Gasteiger partial charge in [-0.15, -0.1) is 11.3 Å². The number of thiophene rings is 1. The van der Waals surface area contributed by atoms with E-state index in [4.69, 9.17) is 0 Å². The fourth-order valence-electron chi connectivity index (χ4n) is 1.49. The fraction of sp³-hybridized carbons (Fsp3) is 0.273. The summed E-state index contributed by atoms with van der Waals surface area (Å²) in [7, 11) is 2.00. The minimum atomic E-state index is 0.441. The van der Waals surface area contributed by atoms with Crippen LogP contribution in [0.5, 0.6) is 0 Å². The van der Waals surface area contributed by atoms with Crippen molar-refractivity contribution in [3.63, 3.8) is 0 Å². The van der Waals surface area contributed by atoms with E-state index in [-0.39, 0.29) is 0 Å². The SMILES string of the molecule is CNC(C)c1csc2ccccc12. The van der Waals surface area contributed by atoms with Gasteiger partial charge >= 0.3 is 0 Å². The zero-order chi connectivity index (χ0) is 9.26. The molecule has 0 saturated carbocycles. The van der Waals surface area contributed by atoms with Gasteiger partial charge in [0.2, 0.25) is 0 Å². The number of nitrogens with one attached hydrogen (secondary N) is 1. The number of hydrogen-bond acceptors (Lipinski definition) is 2. The molecule has 0 fully saturated rings. The fourth-order valence-corrected chi connectivity index (χ4v) is 2.54. The largest absolute Gasteiger partial charge is 0.313 e. The molecule has 2 heteroatoms. The van der Waals surface area contributed by atoms with E-state index >= 15 is 0 Å². The third kappa shape index (κ3) is 1.47. The van der Waals surface area contributed by atoms with Crippen molar-refractivity contribution in [2.45, 2.75) is 13.0 Å². The van der Waals surface area contributed by atoms with Crippen molar-refractivity contribution < 1.29 is 0 Å². The lowest BCUT2D eigenvalue weighted by Crippen LogP contribution is -2.11. The summed E-state index contributed by atoms with van der Waals surface area (Å²) in [5, 5.41) is 6.89. The second-order valence-electron chi connectivity index (χ2n) is 3.20. The Balaban J connectivity index is 2.57. The molecule has 0 bridgehead atoms. The Hall–Kier alpha value is -0.860. The second-order valence-corrected chi connectivity index (χ2v) is 4.11. The van der Waals surface area contributed by atoms with Gasteiger partial charge in [0.15, 0.2) is 0 Å². The lowest BCUT2D eigenvalue weighted by atomic mass is 10.1. The van der Waals surface area contributed by atoms with Crippen molar-refractivity contribution in [1.29, 1.82) is 0 Å². The molecule has 2 aromatic rings. The Morgan fingerprint density at radius 1 is 1.31 bits per heavy atom. The number of hydrogen-bond donors (Lipinski definition) is 1. The van der Waals surface area contributed by atoms with E-state index in [1.807, 2.05) is 18.4 Å². The zero-order valence-electron chi connectivity index (χ0n) is 7.87. The van der Waals surface area contributed by atoms with E-state index in [2.05, 4.69) is 41.9 Å².